The van der Waals surface area contributed by atoms with E-state index in [4.69, 9.17) is 14.2 Å². The molecule has 0 aromatic heterocycles. The van der Waals surface area contributed by atoms with Crippen molar-refractivity contribution in [1.82, 2.24) is 0 Å². The molecule has 0 radical (unpaired) electrons. The standard InChI is InChI=1S/C27H46O6/c1-5-19-6-8-20(9-7-19)18-31-26(29)33-24-16-12-22(13-17-24)27(2,3)21-10-14-23(15-11-21)32-25(28)30-4/h19-24H,5-18H2,1-4H3. The van der Waals surface area contributed by atoms with Gasteiger partial charge in [-0.3, -0.25) is 0 Å². The first-order valence-electron chi connectivity index (χ1n) is 13.4. The van der Waals surface area contributed by atoms with Crippen LogP contribution < -0.4 is 0 Å². The van der Waals surface area contributed by atoms with E-state index in [2.05, 4.69) is 25.5 Å². The Hall–Kier alpha value is -1.46. The topological polar surface area (TPSA) is 71.1 Å². The van der Waals surface area contributed by atoms with Gasteiger partial charge in [-0.2, -0.15) is 0 Å². The van der Waals surface area contributed by atoms with Gasteiger partial charge >= 0.3 is 12.3 Å². The first-order valence-corrected chi connectivity index (χ1v) is 13.4. The number of hydrogen-bond donors (Lipinski definition) is 0. The lowest BCUT2D eigenvalue weighted by Gasteiger charge is -2.46. The van der Waals surface area contributed by atoms with Crippen molar-refractivity contribution in [2.45, 2.75) is 116 Å². The molecular formula is C27H46O6. The van der Waals surface area contributed by atoms with Gasteiger partial charge in [0.15, 0.2) is 0 Å². The zero-order chi connectivity index (χ0) is 23.8. The third kappa shape index (κ3) is 7.51. The number of carbonyl (C=O) groups is 2. The molecule has 3 fully saturated rings. The number of hydrogen-bond acceptors (Lipinski definition) is 6. The zero-order valence-corrected chi connectivity index (χ0v) is 21.3. The molecule has 0 aliphatic heterocycles. The average Bonchev–Trinajstić information content (AvgIpc) is 2.83. The molecule has 3 aliphatic carbocycles. The molecule has 0 aromatic rings. The maximum absolute atomic E-state index is 12.2. The highest BCUT2D eigenvalue weighted by atomic mass is 16.7. The Morgan fingerprint density at radius 1 is 0.697 bits per heavy atom. The molecule has 6 nitrogen and oxygen atoms in total. The molecular weight excluding hydrogens is 420 g/mol. The van der Waals surface area contributed by atoms with Gasteiger partial charge in [0.25, 0.3) is 0 Å². The summed E-state index contributed by atoms with van der Waals surface area (Å²) in [7, 11) is 1.36. The Morgan fingerprint density at radius 3 is 1.61 bits per heavy atom. The molecule has 0 saturated heterocycles. The van der Waals surface area contributed by atoms with E-state index in [0.29, 0.717) is 24.4 Å². The fourth-order valence-electron chi connectivity index (χ4n) is 6.53. The lowest BCUT2D eigenvalue weighted by Crippen LogP contribution is -2.39. The van der Waals surface area contributed by atoms with Crippen molar-refractivity contribution < 1.29 is 28.5 Å². The van der Waals surface area contributed by atoms with E-state index in [0.717, 1.165) is 57.3 Å². The number of carbonyl (C=O) groups excluding carboxylic acids is 2. The first-order chi connectivity index (χ1) is 15.8. The lowest BCUT2D eigenvalue weighted by molar-refractivity contribution is -0.0310. The average molecular weight is 467 g/mol. The van der Waals surface area contributed by atoms with Crippen molar-refractivity contribution in [3.8, 4) is 0 Å². The van der Waals surface area contributed by atoms with Crippen molar-refractivity contribution in [3.63, 3.8) is 0 Å². The van der Waals surface area contributed by atoms with Crippen molar-refractivity contribution in [3.05, 3.63) is 0 Å². The molecule has 0 heterocycles. The monoisotopic (exact) mass is 466 g/mol. The maximum Gasteiger partial charge on any atom is 0.508 e. The largest absolute Gasteiger partial charge is 0.508 e. The quantitative estimate of drug-likeness (QED) is 0.367. The Labute approximate surface area is 200 Å². The third-order valence-electron chi connectivity index (χ3n) is 9.13. The molecule has 0 bridgehead atoms. The van der Waals surface area contributed by atoms with Gasteiger partial charge in [-0.15, -0.1) is 0 Å². The minimum atomic E-state index is -0.571. The summed E-state index contributed by atoms with van der Waals surface area (Å²) in [6.45, 7) is 7.57. The van der Waals surface area contributed by atoms with Crippen molar-refractivity contribution in [2.75, 3.05) is 13.7 Å². The van der Waals surface area contributed by atoms with Gasteiger partial charge in [0, 0.05) is 0 Å². The highest BCUT2D eigenvalue weighted by Gasteiger charge is 2.41. The third-order valence-corrected chi connectivity index (χ3v) is 9.13. The van der Waals surface area contributed by atoms with E-state index in [1.165, 1.54) is 39.2 Å². The highest BCUT2D eigenvalue weighted by Crippen LogP contribution is 2.49. The van der Waals surface area contributed by atoms with Crippen LogP contribution in [0.25, 0.3) is 0 Å². The normalized spacial score (nSPS) is 33.1. The number of rotatable bonds is 7. The summed E-state index contributed by atoms with van der Waals surface area (Å²) in [5.41, 5.74) is 0.235. The van der Waals surface area contributed by atoms with Crippen LogP contribution in [-0.4, -0.2) is 38.2 Å². The molecule has 3 saturated carbocycles. The Kier molecular flexibility index (Phi) is 9.75. The predicted octanol–water partition coefficient (Wildman–Crippen LogP) is 7.28. The van der Waals surface area contributed by atoms with Crippen molar-refractivity contribution >= 4 is 12.3 Å². The van der Waals surface area contributed by atoms with Crippen LogP contribution in [0.1, 0.15) is 104 Å². The minimum absolute atomic E-state index is 0.00966. The van der Waals surface area contributed by atoms with Gasteiger partial charge in [0.1, 0.15) is 12.2 Å². The number of methoxy groups -OCH3 is 1. The van der Waals surface area contributed by atoms with Crippen LogP contribution in [0.15, 0.2) is 0 Å². The van der Waals surface area contributed by atoms with Crippen molar-refractivity contribution in [1.29, 1.82) is 0 Å². The molecule has 0 N–H and O–H groups in total. The van der Waals surface area contributed by atoms with E-state index in [1.807, 2.05) is 0 Å². The van der Waals surface area contributed by atoms with Gasteiger partial charge in [0.2, 0.25) is 0 Å². The Morgan fingerprint density at radius 2 is 1.15 bits per heavy atom. The van der Waals surface area contributed by atoms with E-state index in [1.54, 1.807) is 0 Å². The summed E-state index contributed by atoms with van der Waals surface area (Å²) in [6.07, 6.45) is 13.1. The molecule has 3 aliphatic rings. The summed E-state index contributed by atoms with van der Waals surface area (Å²) in [6, 6.07) is 0. The smallest absolute Gasteiger partial charge is 0.438 e. The fourth-order valence-corrected chi connectivity index (χ4v) is 6.53. The molecule has 6 heteroatoms. The SMILES string of the molecule is CCC1CCC(COC(=O)OC2CCC(C(C)(C)C3CCC(OC(=O)OC)CC3)CC2)CC1. The van der Waals surface area contributed by atoms with Crippen LogP contribution in [0, 0.1) is 29.1 Å². The molecule has 3 rings (SSSR count). The summed E-state index contributed by atoms with van der Waals surface area (Å²) in [5.74, 6) is 2.62. The van der Waals surface area contributed by atoms with Crippen LogP contribution >= 0.6 is 0 Å². The molecule has 0 spiro atoms. The fraction of sp³-hybridized carbons (Fsp3) is 0.926. The molecule has 190 valence electrons. The zero-order valence-electron chi connectivity index (χ0n) is 21.3. The summed E-state index contributed by atoms with van der Waals surface area (Å²) >= 11 is 0. The predicted molar refractivity (Wildman–Crippen MR) is 127 cm³/mol. The summed E-state index contributed by atoms with van der Waals surface area (Å²) < 4.78 is 21.1. The minimum Gasteiger partial charge on any atom is -0.438 e. The van der Waals surface area contributed by atoms with Gasteiger partial charge in [-0.05, 0) is 93.3 Å². The summed E-state index contributed by atoms with van der Waals surface area (Å²) in [4.78, 5) is 23.6. The Balaban J connectivity index is 1.34. The first kappa shape index (κ1) is 26.2. The van der Waals surface area contributed by atoms with E-state index >= 15 is 0 Å². The second-order valence-electron chi connectivity index (χ2n) is 11.3. The second-order valence-corrected chi connectivity index (χ2v) is 11.3. The van der Waals surface area contributed by atoms with Crippen LogP contribution in [0.5, 0.6) is 0 Å². The molecule has 0 aromatic carbocycles. The number of ether oxygens (including phenoxy) is 4. The van der Waals surface area contributed by atoms with Crippen LogP contribution in [0.4, 0.5) is 9.59 Å². The molecule has 33 heavy (non-hydrogen) atoms. The molecule has 0 amide bonds. The van der Waals surface area contributed by atoms with Gasteiger partial charge in [-0.25, -0.2) is 9.59 Å². The highest BCUT2D eigenvalue weighted by molar-refractivity contribution is 5.60. The lowest BCUT2D eigenvalue weighted by atomic mass is 9.60. The van der Waals surface area contributed by atoms with E-state index < -0.39 is 12.3 Å². The van der Waals surface area contributed by atoms with Crippen molar-refractivity contribution in [2.24, 2.45) is 29.1 Å². The van der Waals surface area contributed by atoms with E-state index in [9.17, 15) is 9.59 Å². The maximum atomic E-state index is 12.2. The van der Waals surface area contributed by atoms with Crippen LogP contribution in [-0.2, 0) is 18.9 Å². The molecule has 0 atom stereocenters. The van der Waals surface area contributed by atoms with E-state index in [-0.39, 0.29) is 17.6 Å². The Bertz CT molecular complexity index is 608. The molecule has 0 unspecified atom stereocenters. The second kappa shape index (κ2) is 12.3. The van der Waals surface area contributed by atoms with Gasteiger partial charge < -0.3 is 18.9 Å². The van der Waals surface area contributed by atoms with Gasteiger partial charge in [-0.1, -0.05) is 40.0 Å². The summed E-state index contributed by atoms with van der Waals surface area (Å²) in [5, 5.41) is 0. The van der Waals surface area contributed by atoms with Crippen LogP contribution in [0.3, 0.4) is 0 Å². The van der Waals surface area contributed by atoms with Crippen LogP contribution in [0.2, 0.25) is 0 Å². The van der Waals surface area contributed by atoms with Gasteiger partial charge in [0.05, 0.1) is 13.7 Å².